The molecule has 0 radical (unpaired) electrons. The number of benzene rings is 2. The molecule has 4 rings (SSSR count). The molecule has 2 heterocycles. The highest BCUT2D eigenvalue weighted by Gasteiger charge is 2.18. The Bertz CT molecular complexity index is 1100. The molecule has 124 valence electrons. The third-order valence-corrected chi connectivity index (χ3v) is 4.84. The molecular weight excluding hydrogens is 338 g/mol. The van der Waals surface area contributed by atoms with E-state index in [9.17, 15) is 9.90 Å². The molecular formula is C17H13N5O2S. The van der Waals surface area contributed by atoms with Gasteiger partial charge in [-0.1, -0.05) is 48.2 Å². The smallest absolute Gasteiger partial charge is 0.323 e. The Hall–Kier alpha value is -3.13. The van der Waals surface area contributed by atoms with Crippen molar-refractivity contribution in [2.45, 2.75) is 16.6 Å². The molecule has 0 aliphatic carbocycles. The van der Waals surface area contributed by atoms with Gasteiger partial charge in [-0.25, -0.2) is 15.0 Å². The van der Waals surface area contributed by atoms with Crippen LogP contribution in [0.15, 0.2) is 58.8 Å². The minimum Gasteiger partial charge on any atom is -0.480 e. The van der Waals surface area contributed by atoms with E-state index in [4.69, 9.17) is 5.73 Å². The maximum absolute atomic E-state index is 11.3. The van der Waals surface area contributed by atoms with Crippen LogP contribution in [0.3, 0.4) is 0 Å². The molecule has 0 fully saturated rings. The van der Waals surface area contributed by atoms with Crippen molar-refractivity contribution in [3.05, 3.63) is 48.8 Å². The minimum absolute atomic E-state index is 0.230. The lowest BCUT2D eigenvalue weighted by Gasteiger charge is -2.07. The number of carbonyl (C=O) groups is 1. The summed E-state index contributed by atoms with van der Waals surface area (Å²) in [6.45, 7) is -0.250. The van der Waals surface area contributed by atoms with Crippen molar-refractivity contribution in [2.24, 2.45) is 0 Å². The Morgan fingerprint density at radius 2 is 1.96 bits per heavy atom. The maximum Gasteiger partial charge on any atom is 0.323 e. The number of carboxylic acid groups (broad SMARTS) is 1. The average Bonchev–Trinajstić information content (AvgIpc) is 2.94. The first kappa shape index (κ1) is 15.4. The summed E-state index contributed by atoms with van der Waals surface area (Å²) in [6, 6.07) is 14.0. The van der Waals surface area contributed by atoms with E-state index >= 15 is 0 Å². The Morgan fingerprint density at radius 3 is 2.80 bits per heavy atom. The van der Waals surface area contributed by atoms with E-state index in [1.165, 1.54) is 18.1 Å². The van der Waals surface area contributed by atoms with Gasteiger partial charge in [0.2, 0.25) is 0 Å². The molecule has 0 atom stereocenters. The second kappa shape index (κ2) is 6.06. The molecule has 0 aliphatic heterocycles. The number of hydrogen-bond donors (Lipinski definition) is 2. The Kier molecular flexibility index (Phi) is 3.73. The zero-order chi connectivity index (χ0) is 17.4. The van der Waals surface area contributed by atoms with Crippen LogP contribution >= 0.6 is 11.8 Å². The topological polar surface area (TPSA) is 107 Å². The lowest BCUT2D eigenvalue weighted by molar-refractivity contribution is -0.137. The molecule has 2 aromatic heterocycles. The Balaban J connectivity index is 1.88. The van der Waals surface area contributed by atoms with Crippen molar-refractivity contribution >= 4 is 45.5 Å². The van der Waals surface area contributed by atoms with Gasteiger partial charge in [-0.15, -0.1) is 0 Å². The summed E-state index contributed by atoms with van der Waals surface area (Å²) < 4.78 is 1.54. The largest absolute Gasteiger partial charge is 0.480 e. The molecule has 0 bridgehead atoms. The van der Waals surface area contributed by atoms with E-state index in [0.29, 0.717) is 16.3 Å². The Morgan fingerprint density at radius 1 is 1.16 bits per heavy atom. The predicted octanol–water partition coefficient (Wildman–Crippen LogP) is 2.80. The van der Waals surface area contributed by atoms with Crippen molar-refractivity contribution in [2.75, 3.05) is 5.73 Å². The van der Waals surface area contributed by atoms with Crippen LogP contribution in [0.2, 0.25) is 0 Å². The number of carboxylic acids is 1. The zero-order valence-electron chi connectivity index (χ0n) is 13.0. The number of anilines is 1. The molecule has 0 saturated carbocycles. The number of aliphatic carboxylic acids is 1. The molecule has 3 N–H and O–H groups in total. The standard InChI is InChI=1S/C17H13N5O2S/c18-15-14-16(20-9-19-15)22(8-13(23)24)17(21-14)25-12-7-3-5-10-4-1-2-6-11(10)12/h1-7,9H,8H2,(H,23,24)(H2,18,19,20). The van der Waals surface area contributed by atoms with Gasteiger partial charge in [0.05, 0.1) is 0 Å². The number of rotatable bonds is 4. The molecule has 0 saturated heterocycles. The highest BCUT2D eigenvalue weighted by molar-refractivity contribution is 7.99. The second-order valence-electron chi connectivity index (χ2n) is 5.38. The normalized spacial score (nSPS) is 11.2. The number of nitrogens with two attached hydrogens (primary N) is 1. The summed E-state index contributed by atoms with van der Waals surface area (Å²) in [5.74, 6) is -0.745. The van der Waals surface area contributed by atoms with Gasteiger partial charge in [0.15, 0.2) is 22.1 Å². The molecule has 0 amide bonds. The number of imidazole rings is 1. The third kappa shape index (κ3) is 2.76. The van der Waals surface area contributed by atoms with E-state index in [2.05, 4.69) is 15.0 Å². The van der Waals surface area contributed by atoms with Crippen LogP contribution in [-0.2, 0) is 11.3 Å². The fraction of sp³-hybridized carbons (Fsp3) is 0.0588. The van der Waals surface area contributed by atoms with Crippen LogP contribution in [0, 0.1) is 0 Å². The Labute approximate surface area is 146 Å². The summed E-state index contributed by atoms with van der Waals surface area (Å²) in [6.07, 6.45) is 1.31. The van der Waals surface area contributed by atoms with Gasteiger partial charge in [-0.05, 0) is 16.8 Å². The van der Waals surface area contributed by atoms with Crippen molar-refractivity contribution in [1.29, 1.82) is 0 Å². The van der Waals surface area contributed by atoms with Gasteiger partial charge in [0.1, 0.15) is 12.9 Å². The fourth-order valence-corrected chi connectivity index (χ4v) is 3.71. The molecule has 25 heavy (non-hydrogen) atoms. The van der Waals surface area contributed by atoms with E-state index in [0.717, 1.165) is 15.7 Å². The van der Waals surface area contributed by atoms with Crippen LogP contribution in [0.25, 0.3) is 21.9 Å². The van der Waals surface area contributed by atoms with Crippen LogP contribution in [-0.4, -0.2) is 30.6 Å². The summed E-state index contributed by atoms with van der Waals surface area (Å²) in [4.78, 5) is 24.8. The van der Waals surface area contributed by atoms with Gasteiger partial charge in [0.25, 0.3) is 0 Å². The number of nitrogens with zero attached hydrogens (tertiary/aromatic N) is 4. The van der Waals surface area contributed by atoms with E-state index in [1.807, 2.05) is 42.5 Å². The van der Waals surface area contributed by atoms with Crippen LogP contribution < -0.4 is 5.73 Å². The molecule has 8 heteroatoms. The summed E-state index contributed by atoms with van der Waals surface area (Å²) in [5.41, 5.74) is 6.69. The van der Waals surface area contributed by atoms with Crippen LogP contribution in [0.1, 0.15) is 0 Å². The number of aromatic nitrogens is 4. The zero-order valence-corrected chi connectivity index (χ0v) is 13.8. The number of fused-ring (bicyclic) bond motifs is 2. The van der Waals surface area contributed by atoms with Crippen molar-refractivity contribution < 1.29 is 9.90 Å². The molecule has 0 spiro atoms. The highest BCUT2D eigenvalue weighted by atomic mass is 32.2. The van der Waals surface area contributed by atoms with Crippen LogP contribution in [0.4, 0.5) is 5.82 Å². The summed E-state index contributed by atoms with van der Waals surface area (Å²) >= 11 is 1.39. The van der Waals surface area contributed by atoms with Gasteiger partial charge < -0.3 is 10.8 Å². The maximum atomic E-state index is 11.3. The van der Waals surface area contributed by atoms with Crippen LogP contribution in [0.5, 0.6) is 0 Å². The summed E-state index contributed by atoms with van der Waals surface area (Å²) in [5, 5.41) is 11.9. The fourth-order valence-electron chi connectivity index (χ4n) is 2.67. The molecule has 7 nitrogen and oxygen atoms in total. The average molecular weight is 351 g/mol. The molecule has 2 aromatic carbocycles. The molecule has 0 unspecified atom stereocenters. The summed E-state index contributed by atoms with van der Waals surface area (Å²) in [7, 11) is 0. The van der Waals surface area contributed by atoms with Crippen molar-refractivity contribution in [3.8, 4) is 0 Å². The lowest BCUT2D eigenvalue weighted by atomic mass is 10.1. The minimum atomic E-state index is -0.976. The predicted molar refractivity (Wildman–Crippen MR) is 95.4 cm³/mol. The van der Waals surface area contributed by atoms with E-state index in [1.54, 1.807) is 4.57 Å². The molecule has 4 aromatic rings. The highest BCUT2D eigenvalue weighted by Crippen LogP contribution is 2.35. The van der Waals surface area contributed by atoms with Gasteiger partial charge >= 0.3 is 5.97 Å². The lowest BCUT2D eigenvalue weighted by Crippen LogP contribution is -2.10. The van der Waals surface area contributed by atoms with E-state index < -0.39 is 5.97 Å². The SMILES string of the molecule is Nc1ncnc2c1nc(Sc1cccc3ccccc13)n2CC(=O)O. The van der Waals surface area contributed by atoms with Gasteiger partial charge in [-0.3, -0.25) is 9.36 Å². The van der Waals surface area contributed by atoms with E-state index in [-0.39, 0.29) is 12.4 Å². The molecule has 0 aliphatic rings. The second-order valence-corrected chi connectivity index (χ2v) is 6.39. The van der Waals surface area contributed by atoms with Gasteiger partial charge in [0, 0.05) is 4.90 Å². The first-order valence-electron chi connectivity index (χ1n) is 7.47. The monoisotopic (exact) mass is 351 g/mol. The number of nitrogen functional groups attached to an aromatic ring is 1. The first-order chi connectivity index (χ1) is 12.1. The number of hydrogen-bond acceptors (Lipinski definition) is 6. The first-order valence-corrected chi connectivity index (χ1v) is 8.29. The van der Waals surface area contributed by atoms with Crippen molar-refractivity contribution in [1.82, 2.24) is 19.5 Å². The van der Waals surface area contributed by atoms with Crippen molar-refractivity contribution in [3.63, 3.8) is 0 Å². The van der Waals surface area contributed by atoms with Gasteiger partial charge in [-0.2, -0.15) is 0 Å². The quantitative estimate of drug-likeness (QED) is 0.582. The third-order valence-electron chi connectivity index (χ3n) is 3.77.